The zero-order chi connectivity index (χ0) is 10.1. The number of nitrogens with one attached hydrogen (secondary N) is 2. The maximum Gasteiger partial charge on any atom is 0.333 e. The van der Waals surface area contributed by atoms with Crippen molar-refractivity contribution in [1.82, 2.24) is 14.5 Å². The van der Waals surface area contributed by atoms with Crippen molar-refractivity contribution in [3.63, 3.8) is 0 Å². The van der Waals surface area contributed by atoms with Crippen LogP contribution in [0.15, 0.2) is 14.4 Å². The molecule has 6 heteroatoms. The van der Waals surface area contributed by atoms with E-state index >= 15 is 0 Å². The lowest BCUT2D eigenvalue weighted by Crippen LogP contribution is -2.43. The van der Waals surface area contributed by atoms with Gasteiger partial charge in [-0.3, -0.25) is 9.97 Å². The molecule has 1 aliphatic carbocycles. The predicted octanol–water partition coefficient (Wildman–Crippen LogP) is -0.975. The molecule has 1 fully saturated rings. The van der Waals surface area contributed by atoms with Gasteiger partial charge in [-0.05, 0) is 12.3 Å². The molecule has 2 rings (SSSR count). The third-order valence-electron chi connectivity index (χ3n) is 2.39. The topological polar surface area (TPSA) is 87.7 Å². The van der Waals surface area contributed by atoms with Crippen LogP contribution in [0.25, 0.3) is 0 Å². The van der Waals surface area contributed by atoms with Crippen molar-refractivity contribution in [3.8, 4) is 0 Å². The first-order chi connectivity index (χ1) is 6.66. The van der Waals surface area contributed by atoms with Crippen LogP contribution in [0.4, 0.5) is 0 Å². The number of nitrogens with zero attached hydrogens (tertiary/aromatic N) is 1. The Kier molecular flexibility index (Phi) is 2.11. The summed E-state index contributed by atoms with van der Waals surface area (Å²) in [6.07, 6.45) is 3.18. The van der Waals surface area contributed by atoms with Gasteiger partial charge in [-0.1, -0.05) is 12.8 Å². The van der Waals surface area contributed by atoms with E-state index in [2.05, 4.69) is 0 Å². The molecule has 14 heavy (non-hydrogen) atoms. The van der Waals surface area contributed by atoms with E-state index in [1.165, 1.54) is 12.8 Å². The summed E-state index contributed by atoms with van der Waals surface area (Å²) in [4.78, 5) is 37.1. The van der Waals surface area contributed by atoms with Crippen LogP contribution in [-0.4, -0.2) is 14.5 Å². The van der Waals surface area contributed by atoms with Gasteiger partial charge in [0.15, 0.2) is 0 Å². The summed E-state index contributed by atoms with van der Waals surface area (Å²) in [5.41, 5.74) is -2.00. The number of aromatic nitrogens is 3. The molecule has 0 spiro atoms. The van der Waals surface area contributed by atoms with Crippen molar-refractivity contribution < 1.29 is 0 Å². The molecule has 0 bridgehead atoms. The van der Waals surface area contributed by atoms with Gasteiger partial charge in [0.05, 0.1) is 0 Å². The highest BCUT2D eigenvalue weighted by Crippen LogP contribution is 2.32. The van der Waals surface area contributed by atoms with Crippen molar-refractivity contribution in [2.24, 2.45) is 5.92 Å². The second-order valence-electron chi connectivity index (χ2n) is 3.57. The summed E-state index contributed by atoms with van der Waals surface area (Å²) in [6, 6.07) is 0. The predicted molar refractivity (Wildman–Crippen MR) is 49.3 cm³/mol. The van der Waals surface area contributed by atoms with Crippen molar-refractivity contribution in [3.05, 3.63) is 31.5 Å². The van der Waals surface area contributed by atoms with Crippen LogP contribution in [0.3, 0.4) is 0 Å². The minimum atomic E-state index is -0.748. The molecule has 1 aromatic heterocycles. The summed E-state index contributed by atoms with van der Waals surface area (Å²) >= 11 is 0. The fourth-order valence-electron chi connectivity index (χ4n) is 1.37. The lowest BCUT2D eigenvalue weighted by molar-refractivity contribution is 0.538. The van der Waals surface area contributed by atoms with E-state index in [9.17, 15) is 14.4 Å². The molecule has 0 unspecified atom stereocenters. The van der Waals surface area contributed by atoms with Crippen LogP contribution in [0.1, 0.15) is 19.3 Å². The van der Waals surface area contributed by atoms with Crippen molar-refractivity contribution in [1.29, 1.82) is 0 Å². The van der Waals surface area contributed by atoms with Crippen LogP contribution >= 0.6 is 0 Å². The Labute approximate surface area is 78.6 Å². The number of aromatic amines is 2. The molecule has 6 nitrogen and oxygen atoms in total. The number of hydrogen-bond acceptors (Lipinski definition) is 3. The standard InChI is InChI=1S/C8H11N3O3/c12-6-9-7(13)11(8(14)10-6)4-3-5-1-2-5/h5H,1-4H2,(H2,9,10,12,13,14). The summed E-state index contributed by atoms with van der Waals surface area (Å²) in [7, 11) is 0. The minimum absolute atomic E-state index is 0.385. The molecule has 1 aliphatic rings. The fraction of sp³-hybridized carbons (Fsp3) is 0.625. The van der Waals surface area contributed by atoms with Crippen LogP contribution in [0, 0.1) is 5.92 Å². The van der Waals surface area contributed by atoms with E-state index in [-0.39, 0.29) is 0 Å². The lowest BCUT2D eigenvalue weighted by atomic mass is 10.3. The number of H-pyrrole nitrogens is 2. The van der Waals surface area contributed by atoms with E-state index < -0.39 is 17.1 Å². The quantitative estimate of drug-likeness (QED) is 0.653. The first-order valence-corrected chi connectivity index (χ1v) is 4.60. The Morgan fingerprint density at radius 2 is 1.71 bits per heavy atom. The molecule has 1 aromatic rings. The van der Waals surface area contributed by atoms with Gasteiger partial charge in [0.1, 0.15) is 0 Å². The minimum Gasteiger partial charge on any atom is -0.259 e. The van der Waals surface area contributed by atoms with Crippen LogP contribution < -0.4 is 17.1 Å². The van der Waals surface area contributed by atoms with E-state index in [1.807, 2.05) is 9.97 Å². The van der Waals surface area contributed by atoms with E-state index in [1.54, 1.807) is 0 Å². The Hall–Kier alpha value is -1.59. The van der Waals surface area contributed by atoms with E-state index in [0.717, 1.165) is 11.0 Å². The second-order valence-corrected chi connectivity index (χ2v) is 3.57. The Morgan fingerprint density at radius 1 is 1.14 bits per heavy atom. The fourth-order valence-corrected chi connectivity index (χ4v) is 1.37. The Balaban J connectivity index is 2.27. The summed E-state index contributed by atoms with van der Waals surface area (Å²) < 4.78 is 1.03. The SMILES string of the molecule is O=c1[nH]c(=O)n(CCC2CC2)c(=O)[nH]1. The first-order valence-electron chi connectivity index (χ1n) is 4.60. The molecule has 2 N–H and O–H groups in total. The molecule has 0 amide bonds. The third-order valence-corrected chi connectivity index (χ3v) is 2.39. The molecule has 0 aromatic carbocycles. The van der Waals surface area contributed by atoms with E-state index in [0.29, 0.717) is 12.5 Å². The van der Waals surface area contributed by atoms with Crippen LogP contribution in [0.5, 0.6) is 0 Å². The maximum atomic E-state index is 11.2. The molecule has 0 saturated heterocycles. The summed E-state index contributed by atoms with van der Waals surface area (Å²) in [5.74, 6) is 0.647. The van der Waals surface area contributed by atoms with Crippen molar-refractivity contribution >= 4 is 0 Å². The Morgan fingerprint density at radius 3 is 2.21 bits per heavy atom. The average molecular weight is 197 g/mol. The number of hydrogen-bond donors (Lipinski definition) is 2. The van der Waals surface area contributed by atoms with Gasteiger partial charge in [-0.15, -0.1) is 0 Å². The zero-order valence-corrected chi connectivity index (χ0v) is 7.58. The summed E-state index contributed by atoms with van der Waals surface area (Å²) in [5, 5.41) is 0. The highest BCUT2D eigenvalue weighted by molar-refractivity contribution is 4.75. The molecule has 1 heterocycles. The molecule has 0 radical (unpaired) electrons. The highest BCUT2D eigenvalue weighted by Gasteiger charge is 2.21. The first kappa shape index (κ1) is 8.98. The Bertz CT molecular complexity index is 457. The molecular weight excluding hydrogens is 186 g/mol. The van der Waals surface area contributed by atoms with Gasteiger partial charge in [0.25, 0.3) is 0 Å². The van der Waals surface area contributed by atoms with Gasteiger partial charge >= 0.3 is 17.1 Å². The van der Waals surface area contributed by atoms with Crippen molar-refractivity contribution in [2.75, 3.05) is 0 Å². The maximum absolute atomic E-state index is 11.2. The molecule has 1 saturated carbocycles. The van der Waals surface area contributed by atoms with Gasteiger partial charge in [0, 0.05) is 6.54 Å². The average Bonchev–Trinajstić information content (AvgIpc) is 2.85. The van der Waals surface area contributed by atoms with Crippen LogP contribution in [-0.2, 0) is 6.54 Å². The van der Waals surface area contributed by atoms with Crippen molar-refractivity contribution in [2.45, 2.75) is 25.8 Å². The molecular formula is C8H11N3O3. The number of rotatable bonds is 3. The normalized spacial score (nSPS) is 15.7. The highest BCUT2D eigenvalue weighted by atomic mass is 16.2. The lowest BCUT2D eigenvalue weighted by Gasteiger charge is -2.00. The van der Waals surface area contributed by atoms with Gasteiger partial charge in [-0.25, -0.2) is 19.0 Å². The monoisotopic (exact) mass is 197 g/mol. The molecule has 76 valence electrons. The van der Waals surface area contributed by atoms with Crippen LogP contribution in [0.2, 0.25) is 0 Å². The van der Waals surface area contributed by atoms with E-state index in [4.69, 9.17) is 0 Å². The smallest absolute Gasteiger partial charge is 0.259 e. The molecule has 0 aliphatic heterocycles. The zero-order valence-electron chi connectivity index (χ0n) is 7.58. The second kappa shape index (κ2) is 3.28. The van der Waals surface area contributed by atoms with Gasteiger partial charge in [0.2, 0.25) is 0 Å². The van der Waals surface area contributed by atoms with Gasteiger partial charge < -0.3 is 0 Å². The molecule has 0 atom stereocenters. The largest absolute Gasteiger partial charge is 0.333 e. The third kappa shape index (κ3) is 1.84. The summed E-state index contributed by atoms with van der Waals surface area (Å²) in [6.45, 7) is 0.385. The van der Waals surface area contributed by atoms with Gasteiger partial charge in [-0.2, -0.15) is 0 Å².